The van der Waals surface area contributed by atoms with E-state index in [1.54, 1.807) is 24.3 Å². The molecule has 2 aromatic rings. The molecule has 0 unspecified atom stereocenters. The fourth-order valence-corrected chi connectivity index (χ4v) is 3.65. The van der Waals surface area contributed by atoms with Gasteiger partial charge in [-0.1, -0.05) is 30.7 Å². The van der Waals surface area contributed by atoms with Crippen LogP contribution in [-0.4, -0.2) is 56.0 Å². The molecule has 3 rings (SSSR count). The van der Waals surface area contributed by atoms with Crippen LogP contribution in [0.25, 0.3) is 0 Å². The smallest absolute Gasteiger partial charge is 0.251 e. The van der Waals surface area contributed by atoms with Crippen LogP contribution >= 0.6 is 11.6 Å². The molecule has 1 aliphatic heterocycles. The predicted octanol–water partition coefficient (Wildman–Crippen LogP) is 3.63. The summed E-state index contributed by atoms with van der Waals surface area (Å²) >= 11 is 5.84. The summed E-state index contributed by atoms with van der Waals surface area (Å²) < 4.78 is 0. The lowest BCUT2D eigenvalue weighted by Crippen LogP contribution is -2.46. The van der Waals surface area contributed by atoms with Gasteiger partial charge in [0.15, 0.2) is 0 Å². The van der Waals surface area contributed by atoms with Crippen LogP contribution < -0.4 is 15.5 Å². The Morgan fingerprint density at radius 3 is 2.40 bits per heavy atom. The van der Waals surface area contributed by atoms with Crippen molar-refractivity contribution in [1.29, 1.82) is 0 Å². The molecule has 1 saturated heterocycles. The third-order valence-electron chi connectivity index (χ3n) is 5.31. The van der Waals surface area contributed by atoms with E-state index in [4.69, 9.17) is 11.6 Å². The van der Waals surface area contributed by atoms with Crippen molar-refractivity contribution >= 4 is 34.8 Å². The normalized spacial score (nSPS) is 14.4. The number of carbonyl (C=O) groups is 2. The van der Waals surface area contributed by atoms with Gasteiger partial charge in [-0.2, -0.15) is 0 Å². The van der Waals surface area contributed by atoms with Crippen LogP contribution in [0.4, 0.5) is 11.4 Å². The van der Waals surface area contributed by atoms with E-state index >= 15 is 0 Å². The van der Waals surface area contributed by atoms with Crippen LogP contribution in [0.15, 0.2) is 48.5 Å². The van der Waals surface area contributed by atoms with Gasteiger partial charge in [-0.3, -0.25) is 9.59 Å². The molecule has 2 N–H and O–H groups in total. The SMILES string of the molecule is CCN1CCN(c2ccccc2NC(=O)CCCNC(=O)c2ccc(Cl)cc2)CC1. The highest BCUT2D eigenvalue weighted by molar-refractivity contribution is 6.30. The third-order valence-corrected chi connectivity index (χ3v) is 5.56. The van der Waals surface area contributed by atoms with Gasteiger partial charge in [-0.05, 0) is 49.4 Å². The fraction of sp³-hybridized carbons (Fsp3) is 0.391. The molecule has 1 fully saturated rings. The number of hydrogen-bond acceptors (Lipinski definition) is 4. The van der Waals surface area contributed by atoms with E-state index < -0.39 is 0 Å². The van der Waals surface area contributed by atoms with Gasteiger partial charge in [-0.15, -0.1) is 0 Å². The Labute approximate surface area is 183 Å². The summed E-state index contributed by atoms with van der Waals surface area (Å²) in [4.78, 5) is 29.3. The minimum Gasteiger partial charge on any atom is -0.367 e. The summed E-state index contributed by atoms with van der Waals surface area (Å²) in [7, 11) is 0. The molecule has 0 bridgehead atoms. The van der Waals surface area contributed by atoms with Crippen LogP contribution in [0, 0.1) is 0 Å². The number of benzene rings is 2. The van der Waals surface area contributed by atoms with Gasteiger partial charge in [0.2, 0.25) is 5.91 Å². The summed E-state index contributed by atoms with van der Waals surface area (Å²) in [5, 5.41) is 6.47. The van der Waals surface area contributed by atoms with Crippen molar-refractivity contribution in [3.63, 3.8) is 0 Å². The molecule has 0 radical (unpaired) electrons. The van der Waals surface area contributed by atoms with E-state index in [0.29, 0.717) is 30.0 Å². The third kappa shape index (κ3) is 6.21. The maximum absolute atomic E-state index is 12.4. The standard InChI is InChI=1S/C23H29ClN4O2/c1-2-27-14-16-28(17-15-27)21-7-4-3-6-20(21)26-22(29)8-5-13-25-23(30)18-9-11-19(24)12-10-18/h3-4,6-7,9-12H,2,5,8,13-17H2,1H3,(H,25,30)(H,26,29). The van der Waals surface area contributed by atoms with Crippen LogP contribution in [0.3, 0.4) is 0 Å². The number of halogens is 1. The Kier molecular flexibility index (Phi) is 8.11. The highest BCUT2D eigenvalue weighted by atomic mass is 35.5. The highest BCUT2D eigenvalue weighted by Gasteiger charge is 2.18. The maximum Gasteiger partial charge on any atom is 0.251 e. The Morgan fingerprint density at radius 2 is 1.70 bits per heavy atom. The van der Waals surface area contributed by atoms with E-state index in [1.807, 2.05) is 18.2 Å². The van der Waals surface area contributed by atoms with Crippen LogP contribution in [0.2, 0.25) is 5.02 Å². The van der Waals surface area contributed by atoms with Gasteiger partial charge in [0, 0.05) is 49.7 Å². The number of likely N-dealkylation sites (N-methyl/N-ethyl adjacent to an activating group) is 1. The first kappa shape index (κ1) is 22.1. The lowest BCUT2D eigenvalue weighted by atomic mass is 10.2. The fourth-order valence-electron chi connectivity index (χ4n) is 3.53. The zero-order valence-corrected chi connectivity index (χ0v) is 18.1. The second-order valence-electron chi connectivity index (χ2n) is 7.35. The molecule has 1 aliphatic rings. The number of hydrogen-bond donors (Lipinski definition) is 2. The lowest BCUT2D eigenvalue weighted by molar-refractivity contribution is -0.116. The van der Waals surface area contributed by atoms with E-state index in [0.717, 1.165) is 44.1 Å². The van der Waals surface area contributed by atoms with Gasteiger partial charge in [0.1, 0.15) is 0 Å². The lowest BCUT2D eigenvalue weighted by Gasteiger charge is -2.36. The summed E-state index contributed by atoms with van der Waals surface area (Å²) in [6.45, 7) is 7.67. The van der Waals surface area contributed by atoms with E-state index in [-0.39, 0.29) is 11.8 Å². The largest absolute Gasteiger partial charge is 0.367 e. The molecule has 2 aromatic carbocycles. The number of nitrogens with one attached hydrogen (secondary N) is 2. The Hall–Kier alpha value is -2.57. The van der Waals surface area contributed by atoms with Gasteiger partial charge in [0.25, 0.3) is 5.91 Å². The molecular formula is C23H29ClN4O2. The number of nitrogens with zero attached hydrogens (tertiary/aromatic N) is 2. The molecule has 2 amide bonds. The minimum absolute atomic E-state index is 0.0459. The zero-order valence-electron chi connectivity index (χ0n) is 17.4. The van der Waals surface area contributed by atoms with Crippen molar-refractivity contribution in [2.45, 2.75) is 19.8 Å². The summed E-state index contributed by atoms with van der Waals surface area (Å²) in [5.41, 5.74) is 2.47. The molecule has 7 heteroatoms. The average Bonchev–Trinajstić information content (AvgIpc) is 2.77. The number of amides is 2. The quantitative estimate of drug-likeness (QED) is 0.630. The van der Waals surface area contributed by atoms with Gasteiger partial charge in [-0.25, -0.2) is 0 Å². The number of anilines is 2. The average molecular weight is 429 g/mol. The van der Waals surface area contributed by atoms with Gasteiger partial charge in [0.05, 0.1) is 11.4 Å². The molecular weight excluding hydrogens is 400 g/mol. The molecule has 6 nitrogen and oxygen atoms in total. The van der Waals surface area contributed by atoms with E-state index in [2.05, 4.69) is 33.4 Å². The first-order valence-corrected chi connectivity index (χ1v) is 10.8. The van der Waals surface area contributed by atoms with Crippen molar-refractivity contribution in [3.05, 3.63) is 59.1 Å². The predicted molar refractivity (Wildman–Crippen MR) is 122 cm³/mol. The first-order chi connectivity index (χ1) is 14.6. The second-order valence-corrected chi connectivity index (χ2v) is 7.79. The molecule has 0 saturated carbocycles. The molecule has 160 valence electrons. The van der Waals surface area contributed by atoms with Gasteiger partial charge >= 0.3 is 0 Å². The maximum atomic E-state index is 12.4. The highest BCUT2D eigenvalue weighted by Crippen LogP contribution is 2.26. The summed E-state index contributed by atoms with van der Waals surface area (Å²) in [6, 6.07) is 14.7. The molecule has 1 heterocycles. The number of para-hydroxylation sites is 2. The molecule has 0 aliphatic carbocycles. The molecule has 0 aromatic heterocycles. The van der Waals surface area contributed by atoms with Crippen LogP contribution in [0.1, 0.15) is 30.1 Å². The van der Waals surface area contributed by atoms with Crippen molar-refractivity contribution in [2.24, 2.45) is 0 Å². The number of piperazine rings is 1. The van der Waals surface area contributed by atoms with Gasteiger partial charge < -0.3 is 20.4 Å². The molecule has 30 heavy (non-hydrogen) atoms. The van der Waals surface area contributed by atoms with Crippen molar-refractivity contribution in [2.75, 3.05) is 49.5 Å². The van der Waals surface area contributed by atoms with E-state index in [1.165, 1.54) is 0 Å². The minimum atomic E-state index is -0.163. The Morgan fingerprint density at radius 1 is 1.00 bits per heavy atom. The topological polar surface area (TPSA) is 64.7 Å². The zero-order chi connectivity index (χ0) is 21.3. The van der Waals surface area contributed by atoms with Crippen molar-refractivity contribution in [1.82, 2.24) is 10.2 Å². The Bertz CT molecular complexity index is 849. The number of carbonyl (C=O) groups excluding carboxylic acids is 2. The number of rotatable bonds is 8. The van der Waals surface area contributed by atoms with Crippen LogP contribution in [-0.2, 0) is 4.79 Å². The van der Waals surface area contributed by atoms with Crippen LogP contribution in [0.5, 0.6) is 0 Å². The second kappa shape index (κ2) is 11.0. The summed E-state index contributed by atoms with van der Waals surface area (Å²) in [6.07, 6.45) is 0.918. The Balaban J connectivity index is 1.45. The molecule has 0 atom stereocenters. The monoisotopic (exact) mass is 428 g/mol. The van der Waals surface area contributed by atoms with Crippen molar-refractivity contribution < 1.29 is 9.59 Å². The summed E-state index contributed by atoms with van der Waals surface area (Å²) in [5.74, 6) is -0.209. The van der Waals surface area contributed by atoms with Crippen molar-refractivity contribution in [3.8, 4) is 0 Å². The first-order valence-electron chi connectivity index (χ1n) is 10.5. The molecule has 0 spiro atoms. The van der Waals surface area contributed by atoms with E-state index in [9.17, 15) is 9.59 Å².